The molecule has 0 saturated heterocycles. The van der Waals surface area contributed by atoms with Gasteiger partial charge in [0.15, 0.2) is 5.78 Å². The Morgan fingerprint density at radius 2 is 1.97 bits per heavy atom. The summed E-state index contributed by atoms with van der Waals surface area (Å²) < 4.78 is 5.61. The van der Waals surface area contributed by atoms with Crippen LogP contribution in [0, 0.1) is 12.8 Å². The van der Waals surface area contributed by atoms with Crippen molar-refractivity contribution in [1.82, 2.24) is 0 Å². The highest BCUT2D eigenvalue weighted by molar-refractivity contribution is 6.36. The molecular weight excluding hydrogens is 390 g/mol. The Balaban J connectivity index is 2.07. The van der Waals surface area contributed by atoms with Gasteiger partial charge in [-0.05, 0) is 37.5 Å². The van der Waals surface area contributed by atoms with Gasteiger partial charge in [-0.1, -0.05) is 47.1 Å². The smallest absolute Gasteiger partial charge is 0.170 e. The lowest BCUT2D eigenvalue weighted by molar-refractivity contribution is -0.116. The molecule has 0 radical (unpaired) electrons. The SMILES string of the molecule is CON=C(C)CC1CC(O)=C(c2c(C)cc(-c3ccccc3)c(Cl)c2OC)C1=O. The number of Topliss-reactive ketones (excluding diaryl/α,β-unsaturated/α-hetero) is 1. The van der Waals surface area contributed by atoms with E-state index in [2.05, 4.69) is 5.16 Å². The van der Waals surface area contributed by atoms with Crippen LogP contribution in [0.1, 0.15) is 30.9 Å². The van der Waals surface area contributed by atoms with Gasteiger partial charge in [-0.2, -0.15) is 0 Å². The third kappa shape index (κ3) is 4.01. The van der Waals surface area contributed by atoms with E-state index in [9.17, 15) is 9.90 Å². The van der Waals surface area contributed by atoms with E-state index in [0.29, 0.717) is 28.5 Å². The van der Waals surface area contributed by atoms with E-state index < -0.39 is 0 Å². The van der Waals surface area contributed by atoms with Crippen molar-refractivity contribution in [3.05, 3.63) is 58.3 Å². The van der Waals surface area contributed by atoms with Crippen molar-refractivity contribution < 1.29 is 19.5 Å². The molecule has 0 spiro atoms. The standard InChI is InChI=1S/C23H24ClNO4/c1-13-10-17(15-8-6-5-7-9-15)21(24)23(28-3)19(13)20-18(26)12-16(22(20)27)11-14(2)25-29-4/h5-10,16,26H,11-12H2,1-4H3. The Bertz CT molecular complexity index is 996. The Morgan fingerprint density at radius 3 is 2.59 bits per heavy atom. The average molecular weight is 414 g/mol. The Hall–Kier alpha value is -2.79. The fourth-order valence-corrected chi connectivity index (χ4v) is 4.19. The van der Waals surface area contributed by atoms with Crippen molar-refractivity contribution in [1.29, 1.82) is 0 Å². The Kier molecular flexibility index (Phi) is 6.28. The second-order valence-electron chi connectivity index (χ2n) is 7.13. The highest BCUT2D eigenvalue weighted by atomic mass is 35.5. The van der Waals surface area contributed by atoms with Crippen LogP contribution < -0.4 is 4.74 Å². The first-order valence-corrected chi connectivity index (χ1v) is 9.72. The second-order valence-corrected chi connectivity index (χ2v) is 7.51. The van der Waals surface area contributed by atoms with Gasteiger partial charge in [-0.3, -0.25) is 4.79 Å². The van der Waals surface area contributed by atoms with Gasteiger partial charge in [0.2, 0.25) is 0 Å². The number of nitrogens with zero attached hydrogens (tertiary/aromatic N) is 1. The molecule has 1 N–H and O–H groups in total. The number of oxime groups is 1. The number of rotatable bonds is 6. The summed E-state index contributed by atoms with van der Waals surface area (Å²) in [6.07, 6.45) is 0.669. The lowest BCUT2D eigenvalue weighted by atomic mass is 9.90. The highest BCUT2D eigenvalue weighted by Gasteiger charge is 2.37. The van der Waals surface area contributed by atoms with Gasteiger partial charge in [-0.15, -0.1) is 0 Å². The number of hydrogen-bond acceptors (Lipinski definition) is 5. The number of aryl methyl sites for hydroxylation is 1. The molecule has 5 nitrogen and oxygen atoms in total. The zero-order valence-electron chi connectivity index (χ0n) is 17.0. The number of hydrogen-bond donors (Lipinski definition) is 1. The van der Waals surface area contributed by atoms with E-state index >= 15 is 0 Å². The molecule has 2 aromatic carbocycles. The molecule has 0 amide bonds. The number of ether oxygens (including phenoxy) is 1. The second kappa shape index (κ2) is 8.70. The molecule has 6 heteroatoms. The lowest BCUT2D eigenvalue weighted by Gasteiger charge is -2.18. The molecule has 1 unspecified atom stereocenters. The predicted octanol–water partition coefficient (Wildman–Crippen LogP) is 5.59. The first kappa shape index (κ1) is 20.9. The minimum atomic E-state index is -0.388. The summed E-state index contributed by atoms with van der Waals surface area (Å²) in [5.74, 6) is -0.0860. The largest absolute Gasteiger partial charge is 0.512 e. The maximum atomic E-state index is 13.1. The highest BCUT2D eigenvalue weighted by Crippen LogP contribution is 2.46. The molecule has 0 fully saturated rings. The van der Waals surface area contributed by atoms with Crippen molar-refractivity contribution >= 4 is 28.7 Å². The summed E-state index contributed by atoms with van der Waals surface area (Å²) in [5, 5.41) is 14.9. The van der Waals surface area contributed by atoms with Crippen molar-refractivity contribution in [3.8, 4) is 16.9 Å². The molecule has 0 saturated carbocycles. The van der Waals surface area contributed by atoms with Gasteiger partial charge >= 0.3 is 0 Å². The van der Waals surface area contributed by atoms with E-state index in [0.717, 1.165) is 16.7 Å². The summed E-state index contributed by atoms with van der Waals surface area (Å²) in [4.78, 5) is 17.9. The summed E-state index contributed by atoms with van der Waals surface area (Å²) in [6.45, 7) is 3.68. The fraction of sp³-hybridized carbons (Fsp3) is 0.304. The van der Waals surface area contributed by atoms with Gasteiger partial charge in [0.25, 0.3) is 0 Å². The monoisotopic (exact) mass is 413 g/mol. The molecule has 0 aromatic heterocycles. The van der Waals surface area contributed by atoms with E-state index in [-0.39, 0.29) is 29.5 Å². The van der Waals surface area contributed by atoms with Gasteiger partial charge < -0.3 is 14.7 Å². The summed E-state index contributed by atoms with van der Waals surface area (Å²) in [5.41, 5.74) is 4.09. The quantitative estimate of drug-likeness (QED) is 0.494. The minimum absolute atomic E-state index is 0.0511. The van der Waals surface area contributed by atoms with Crippen molar-refractivity contribution in [2.45, 2.75) is 26.7 Å². The van der Waals surface area contributed by atoms with Crippen LogP contribution in [0.3, 0.4) is 0 Å². The van der Waals surface area contributed by atoms with E-state index in [1.54, 1.807) is 6.92 Å². The summed E-state index contributed by atoms with van der Waals surface area (Å²) in [7, 11) is 2.98. The zero-order valence-corrected chi connectivity index (χ0v) is 17.7. The van der Waals surface area contributed by atoms with Crippen molar-refractivity contribution in [2.75, 3.05) is 14.2 Å². The maximum absolute atomic E-state index is 13.1. The molecule has 152 valence electrons. The third-order valence-corrected chi connectivity index (χ3v) is 5.47. The van der Waals surface area contributed by atoms with E-state index in [1.807, 2.05) is 43.3 Å². The summed E-state index contributed by atoms with van der Waals surface area (Å²) in [6, 6.07) is 11.7. The number of carbonyl (C=O) groups is 1. The van der Waals surface area contributed by atoms with Crippen LogP contribution in [0.2, 0.25) is 5.02 Å². The molecule has 3 rings (SSSR count). The van der Waals surface area contributed by atoms with Crippen molar-refractivity contribution in [3.63, 3.8) is 0 Å². The molecular formula is C23H24ClNO4. The number of aliphatic hydroxyl groups is 1. The molecule has 1 atom stereocenters. The molecule has 0 bridgehead atoms. The molecule has 0 aliphatic heterocycles. The van der Waals surface area contributed by atoms with Gasteiger partial charge in [-0.25, -0.2) is 0 Å². The van der Waals surface area contributed by atoms with Crippen LogP contribution >= 0.6 is 11.6 Å². The lowest BCUT2D eigenvalue weighted by Crippen LogP contribution is -2.14. The van der Waals surface area contributed by atoms with Crippen LogP contribution in [0.25, 0.3) is 16.7 Å². The Labute approximate surface area is 175 Å². The van der Waals surface area contributed by atoms with Gasteiger partial charge in [0, 0.05) is 23.5 Å². The molecule has 2 aromatic rings. The first-order chi connectivity index (χ1) is 13.9. The maximum Gasteiger partial charge on any atom is 0.170 e. The third-order valence-electron chi connectivity index (χ3n) is 5.09. The topological polar surface area (TPSA) is 68.1 Å². The van der Waals surface area contributed by atoms with Crippen LogP contribution in [0.4, 0.5) is 0 Å². The number of benzene rings is 2. The zero-order chi connectivity index (χ0) is 21.1. The van der Waals surface area contributed by atoms with Crippen LogP contribution in [-0.2, 0) is 9.63 Å². The molecule has 1 aliphatic rings. The van der Waals surface area contributed by atoms with Crippen LogP contribution in [-0.4, -0.2) is 30.8 Å². The number of allylic oxidation sites excluding steroid dienone is 2. The summed E-state index contributed by atoms with van der Waals surface area (Å²) >= 11 is 6.68. The predicted molar refractivity (Wildman–Crippen MR) is 116 cm³/mol. The van der Waals surface area contributed by atoms with E-state index in [4.69, 9.17) is 21.2 Å². The number of ketones is 1. The number of aliphatic hydroxyl groups excluding tert-OH is 1. The normalized spacial score (nSPS) is 17.1. The van der Waals surface area contributed by atoms with Crippen LogP contribution in [0.15, 0.2) is 47.3 Å². The average Bonchev–Trinajstić information content (AvgIpc) is 2.97. The molecule has 1 aliphatic carbocycles. The van der Waals surface area contributed by atoms with Gasteiger partial charge in [0.1, 0.15) is 18.6 Å². The number of carbonyl (C=O) groups excluding carboxylic acids is 1. The Morgan fingerprint density at radius 1 is 1.28 bits per heavy atom. The molecule has 29 heavy (non-hydrogen) atoms. The molecule has 0 heterocycles. The van der Waals surface area contributed by atoms with Crippen LogP contribution in [0.5, 0.6) is 5.75 Å². The van der Waals surface area contributed by atoms with Crippen molar-refractivity contribution in [2.24, 2.45) is 11.1 Å². The number of halogens is 1. The van der Waals surface area contributed by atoms with Gasteiger partial charge in [0.05, 0.1) is 23.4 Å². The van der Waals surface area contributed by atoms with E-state index in [1.165, 1.54) is 14.2 Å². The fourth-order valence-electron chi connectivity index (χ4n) is 3.85. The number of methoxy groups -OCH3 is 1. The first-order valence-electron chi connectivity index (χ1n) is 9.34. The minimum Gasteiger partial charge on any atom is -0.512 e.